The van der Waals surface area contributed by atoms with E-state index in [2.05, 4.69) is 37.5 Å². The lowest BCUT2D eigenvalue weighted by atomic mass is 10.1. The van der Waals surface area contributed by atoms with E-state index in [1.54, 1.807) is 6.07 Å². The molecule has 32 heavy (non-hydrogen) atoms. The number of anilines is 1. The fourth-order valence-corrected chi connectivity index (χ4v) is 4.40. The normalized spacial score (nSPS) is 19.1. The zero-order valence-corrected chi connectivity index (χ0v) is 20.1. The highest BCUT2D eigenvalue weighted by Gasteiger charge is 2.32. The Bertz CT molecular complexity index is 905. The summed E-state index contributed by atoms with van der Waals surface area (Å²) in [5, 5.41) is 0.644. The Morgan fingerprint density at radius 2 is 1.78 bits per heavy atom. The van der Waals surface area contributed by atoms with E-state index in [4.69, 9.17) is 16.3 Å². The molecule has 0 bridgehead atoms. The third-order valence-electron chi connectivity index (χ3n) is 6.11. The highest BCUT2D eigenvalue weighted by molar-refractivity contribution is 6.30. The van der Waals surface area contributed by atoms with Gasteiger partial charge in [0.2, 0.25) is 0 Å². The van der Waals surface area contributed by atoms with Gasteiger partial charge in [-0.25, -0.2) is 4.39 Å². The fourth-order valence-electron chi connectivity index (χ4n) is 4.24. The van der Waals surface area contributed by atoms with Crippen molar-refractivity contribution in [2.24, 2.45) is 0 Å². The summed E-state index contributed by atoms with van der Waals surface area (Å²) in [5.41, 5.74) is 1.97. The van der Waals surface area contributed by atoms with Gasteiger partial charge in [-0.2, -0.15) is 0 Å². The van der Waals surface area contributed by atoms with Crippen LogP contribution >= 0.6 is 11.6 Å². The molecular formula is C25H33ClFN3O2. The summed E-state index contributed by atoms with van der Waals surface area (Å²) in [7, 11) is 0. The van der Waals surface area contributed by atoms with Crippen molar-refractivity contribution >= 4 is 23.2 Å². The third kappa shape index (κ3) is 5.93. The van der Waals surface area contributed by atoms with Gasteiger partial charge < -0.3 is 14.5 Å². The number of rotatable bonds is 8. The molecule has 2 aromatic carbocycles. The summed E-state index contributed by atoms with van der Waals surface area (Å²) in [4.78, 5) is 19.4. The summed E-state index contributed by atoms with van der Waals surface area (Å²) in [6.07, 6.45) is 0. The molecule has 1 fully saturated rings. The molecule has 1 amide bonds. The van der Waals surface area contributed by atoms with Crippen LogP contribution in [0.2, 0.25) is 5.02 Å². The second-order valence-corrected chi connectivity index (χ2v) is 8.81. The van der Waals surface area contributed by atoms with Crippen molar-refractivity contribution in [3.8, 4) is 5.75 Å². The Kier molecular flexibility index (Phi) is 8.38. The third-order valence-corrected chi connectivity index (χ3v) is 6.35. The number of carbonyl (C=O) groups excluding carboxylic acids is 1. The second kappa shape index (κ2) is 11.0. The van der Waals surface area contributed by atoms with Crippen molar-refractivity contribution in [3.05, 3.63) is 58.9 Å². The number of hydrogen-bond donors (Lipinski definition) is 0. The molecule has 0 radical (unpaired) electrons. The first-order valence-corrected chi connectivity index (χ1v) is 11.6. The van der Waals surface area contributed by atoms with Crippen LogP contribution in [0.1, 0.15) is 33.3 Å². The Hall–Kier alpha value is -2.31. The maximum Gasteiger partial charge on any atom is 0.260 e. The van der Waals surface area contributed by atoms with Crippen molar-refractivity contribution in [3.63, 3.8) is 0 Å². The van der Waals surface area contributed by atoms with Crippen molar-refractivity contribution in [1.29, 1.82) is 0 Å². The van der Waals surface area contributed by atoms with Crippen LogP contribution in [0, 0.1) is 5.82 Å². The van der Waals surface area contributed by atoms with Gasteiger partial charge in [-0.15, -0.1) is 0 Å². The van der Waals surface area contributed by atoms with Gasteiger partial charge in [-0.1, -0.05) is 23.7 Å². The van der Waals surface area contributed by atoms with Crippen LogP contribution in [0.25, 0.3) is 0 Å². The number of nitrogens with zero attached hydrogens (tertiary/aromatic N) is 3. The van der Waals surface area contributed by atoms with Crippen LogP contribution in [0.15, 0.2) is 42.5 Å². The lowest BCUT2D eigenvalue weighted by molar-refractivity contribution is -0.139. The maximum atomic E-state index is 13.2. The molecule has 3 rings (SSSR count). The van der Waals surface area contributed by atoms with Gasteiger partial charge in [0, 0.05) is 49.8 Å². The van der Waals surface area contributed by atoms with Gasteiger partial charge >= 0.3 is 0 Å². The number of amides is 1. The number of benzene rings is 2. The lowest BCUT2D eigenvalue weighted by Gasteiger charge is -2.44. The summed E-state index contributed by atoms with van der Waals surface area (Å²) < 4.78 is 19.2. The summed E-state index contributed by atoms with van der Waals surface area (Å²) >= 11 is 6.19. The van der Waals surface area contributed by atoms with E-state index >= 15 is 0 Å². The molecule has 0 spiro atoms. The highest BCUT2D eigenvalue weighted by Crippen LogP contribution is 2.31. The van der Waals surface area contributed by atoms with E-state index in [0.717, 1.165) is 37.4 Å². The van der Waals surface area contributed by atoms with Gasteiger partial charge in [0.1, 0.15) is 11.6 Å². The molecule has 0 saturated carbocycles. The molecule has 0 unspecified atom stereocenters. The first-order valence-electron chi connectivity index (χ1n) is 11.3. The number of halogens is 2. The summed E-state index contributed by atoms with van der Waals surface area (Å²) in [6.45, 7) is 12.1. The molecule has 0 aromatic heterocycles. The highest BCUT2D eigenvalue weighted by atomic mass is 35.5. The van der Waals surface area contributed by atoms with Crippen LogP contribution in [-0.2, 0) is 11.3 Å². The Balaban J connectivity index is 1.61. The van der Waals surface area contributed by atoms with Crippen LogP contribution in [0.4, 0.5) is 10.1 Å². The maximum absolute atomic E-state index is 13.2. The second-order valence-electron chi connectivity index (χ2n) is 8.37. The molecule has 1 aliphatic rings. The number of hydrogen-bond acceptors (Lipinski definition) is 4. The zero-order valence-electron chi connectivity index (χ0n) is 19.4. The first-order chi connectivity index (χ1) is 15.3. The Morgan fingerprint density at radius 3 is 2.44 bits per heavy atom. The topological polar surface area (TPSA) is 36.0 Å². The number of carbonyl (C=O) groups is 1. The standard InChI is InChI=1S/C25H33ClFN3O2/c1-5-28(6-2)23-13-21(26)9-12-24(23)32-17-25(31)30-15-18(3)29(14-19(30)4)16-20-7-10-22(27)11-8-20/h7-13,18-19H,5-6,14-17H2,1-4H3/t18-,19+/m1/s1. The van der Waals surface area contributed by atoms with E-state index in [-0.39, 0.29) is 30.4 Å². The van der Waals surface area contributed by atoms with Crippen molar-refractivity contribution in [1.82, 2.24) is 9.80 Å². The Morgan fingerprint density at radius 1 is 1.09 bits per heavy atom. The molecule has 2 aromatic rings. The van der Waals surface area contributed by atoms with Gasteiger partial charge in [-0.3, -0.25) is 9.69 Å². The van der Waals surface area contributed by atoms with E-state index in [0.29, 0.717) is 17.3 Å². The van der Waals surface area contributed by atoms with Crippen molar-refractivity contribution < 1.29 is 13.9 Å². The molecule has 5 nitrogen and oxygen atoms in total. The summed E-state index contributed by atoms with van der Waals surface area (Å²) in [6, 6.07) is 12.4. The zero-order chi connectivity index (χ0) is 23.3. The monoisotopic (exact) mass is 461 g/mol. The fraction of sp³-hybridized carbons (Fsp3) is 0.480. The van der Waals surface area contributed by atoms with Crippen molar-refractivity contribution in [2.45, 2.75) is 46.3 Å². The van der Waals surface area contributed by atoms with Crippen LogP contribution < -0.4 is 9.64 Å². The van der Waals surface area contributed by atoms with Gasteiger partial charge in [0.05, 0.1) is 5.69 Å². The van der Waals surface area contributed by atoms with Gasteiger partial charge in [0.25, 0.3) is 5.91 Å². The SMILES string of the molecule is CCN(CC)c1cc(Cl)ccc1OCC(=O)N1C[C@@H](C)N(Cc2ccc(F)cc2)C[C@@H]1C. The van der Waals surface area contributed by atoms with E-state index in [1.807, 2.05) is 29.2 Å². The quantitative estimate of drug-likeness (QED) is 0.564. The minimum Gasteiger partial charge on any atom is -0.482 e. The molecule has 0 N–H and O–H groups in total. The summed E-state index contributed by atoms with van der Waals surface area (Å²) in [5.74, 6) is 0.420. The molecule has 7 heteroatoms. The van der Waals surface area contributed by atoms with Gasteiger partial charge in [0.15, 0.2) is 6.61 Å². The van der Waals surface area contributed by atoms with E-state index in [1.165, 1.54) is 12.1 Å². The average molecular weight is 462 g/mol. The largest absolute Gasteiger partial charge is 0.482 e. The average Bonchev–Trinajstić information content (AvgIpc) is 2.77. The lowest BCUT2D eigenvalue weighted by Crippen LogP contribution is -2.58. The smallest absolute Gasteiger partial charge is 0.260 e. The molecule has 1 saturated heterocycles. The molecule has 174 valence electrons. The molecular weight excluding hydrogens is 429 g/mol. The molecule has 2 atom stereocenters. The van der Waals surface area contributed by atoms with Crippen LogP contribution in [0.3, 0.4) is 0 Å². The van der Waals surface area contributed by atoms with Gasteiger partial charge in [-0.05, 0) is 63.6 Å². The number of piperazine rings is 1. The molecule has 0 aliphatic carbocycles. The number of ether oxygens (including phenoxy) is 1. The predicted octanol–water partition coefficient (Wildman–Crippen LogP) is 4.83. The van der Waals surface area contributed by atoms with Crippen LogP contribution in [-0.4, -0.2) is 60.6 Å². The van der Waals surface area contributed by atoms with Crippen LogP contribution in [0.5, 0.6) is 5.75 Å². The Labute approximate surface area is 195 Å². The van der Waals surface area contributed by atoms with Crippen molar-refractivity contribution in [2.75, 3.05) is 37.7 Å². The predicted molar refractivity (Wildman–Crippen MR) is 128 cm³/mol. The van der Waals surface area contributed by atoms with E-state index in [9.17, 15) is 9.18 Å². The minimum absolute atomic E-state index is 0.00900. The first kappa shape index (κ1) is 24.3. The minimum atomic E-state index is -0.226. The van der Waals surface area contributed by atoms with E-state index < -0.39 is 0 Å². The molecule has 1 heterocycles. The molecule has 1 aliphatic heterocycles.